The molecular weight excluding hydrogens is 326 g/mol. The minimum Gasteiger partial charge on any atom is -0.467 e. The smallest absolute Gasteiger partial charge is 0.340 e. The number of esters is 3. The summed E-state index contributed by atoms with van der Waals surface area (Å²) in [5.41, 5.74) is 0.607. The fraction of sp³-hybridized carbons (Fsp3) is 0.389. The molecule has 0 aromatic heterocycles. The molecule has 136 valence electrons. The van der Waals surface area contributed by atoms with Crippen molar-refractivity contribution < 1.29 is 28.6 Å². The van der Waals surface area contributed by atoms with Crippen molar-refractivity contribution in [2.45, 2.75) is 32.4 Å². The fourth-order valence-corrected chi connectivity index (χ4v) is 1.85. The Labute approximate surface area is 146 Å². The molecule has 0 amide bonds. The second-order valence-electron chi connectivity index (χ2n) is 6.12. The topological polar surface area (TPSA) is 90.9 Å². The maximum absolute atomic E-state index is 11.7. The molecule has 7 heteroatoms. The van der Waals surface area contributed by atoms with Gasteiger partial charge in [-0.05, 0) is 44.5 Å². The molecule has 0 bridgehead atoms. The highest BCUT2D eigenvalue weighted by Gasteiger charge is 2.28. The van der Waals surface area contributed by atoms with Crippen LogP contribution in [-0.4, -0.2) is 43.8 Å². The van der Waals surface area contributed by atoms with Gasteiger partial charge in [0.05, 0.1) is 14.2 Å². The van der Waals surface area contributed by atoms with Crippen molar-refractivity contribution in [3.63, 3.8) is 0 Å². The molecule has 1 aromatic rings. The molecule has 1 rings (SSSR count). The first-order chi connectivity index (χ1) is 11.7. The van der Waals surface area contributed by atoms with Crippen LogP contribution in [-0.2, 0) is 28.6 Å². The number of hydrogen-bond donors (Lipinski definition) is 1. The van der Waals surface area contributed by atoms with Gasteiger partial charge in [-0.25, -0.2) is 14.4 Å². The van der Waals surface area contributed by atoms with Crippen molar-refractivity contribution in [3.05, 3.63) is 35.9 Å². The Balaban J connectivity index is 2.88. The minimum atomic E-state index is -1.28. The lowest BCUT2D eigenvalue weighted by molar-refractivity contribution is -0.153. The average Bonchev–Trinajstić information content (AvgIpc) is 2.55. The second-order valence-corrected chi connectivity index (χ2v) is 6.12. The molecule has 0 radical (unpaired) electrons. The highest BCUT2D eigenvalue weighted by molar-refractivity contribution is 6.02. The summed E-state index contributed by atoms with van der Waals surface area (Å²) < 4.78 is 14.4. The van der Waals surface area contributed by atoms with Crippen LogP contribution in [0.4, 0.5) is 5.69 Å². The van der Waals surface area contributed by atoms with E-state index in [4.69, 9.17) is 4.74 Å². The quantitative estimate of drug-likeness (QED) is 0.364. The maximum Gasteiger partial charge on any atom is 0.340 e. The van der Waals surface area contributed by atoms with Gasteiger partial charge in [-0.1, -0.05) is 12.1 Å². The number of nitrogens with one attached hydrogen (secondary N) is 1. The summed E-state index contributed by atoms with van der Waals surface area (Å²) in [5.74, 6) is -1.99. The molecule has 25 heavy (non-hydrogen) atoms. The Morgan fingerprint density at radius 1 is 1.08 bits per heavy atom. The van der Waals surface area contributed by atoms with Gasteiger partial charge in [-0.2, -0.15) is 0 Å². The molecule has 0 heterocycles. The molecule has 0 atom stereocenters. The summed E-state index contributed by atoms with van der Waals surface area (Å²) in [6.07, 6.45) is 2.88. The van der Waals surface area contributed by atoms with E-state index >= 15 is 0 Å². The van der Waals surface area contributed by atoms with Crippen LogP contribution in [0.1, 0.15) is 26.3 Å². The van der Waals surface area contributed by atoms with Crippen LogP contribution in [0.5, 0.6) is 0 Å². The molecule has 0 saturated carbocycles. The normalized spacial score (nSPS) is 11.3. The number of anilines is 1. The van der Waals surface area contributed by atoms with E-state index in [2.05, 4.69) is 14.8 Å². The zero-order chi connectivity index (χ0) is 19.0. The SMILES string of the molecule is COC(=O)C(Nc1cccc(C=CC(=O)OC(C)(C)C)c1)C(=O)OC. The van der Waals surface area contributed by atoms with E-state index in [-0.39, 0.29) is 0 Å². The number of hydrogen-bond acceptors (Lipinski definition) is 7. The van der Waals surface area contributed by atoms with Crippen molar-refractivity contribution in [1.82, 2.24) is 0 Å². The lowest BCUT2D eigenvalue weighted by atomic mass is 10.1. The summed E-state index contributed by atoms with van der Waals surface area (Å²) in [6, 6.07) is 5.53. The molecule has 0 fully saturated rings. The van der Waals surface area contributed by atoms with Gasteiger partial charge in [-0.15, -0.1) is 0 Å². The summed E-state index contributed by atoms with van der Waals surface area (Å²) in [4.78, 5) is 35.1. The fourth-order valence-electron chi connectivity index (χ4n) is 1.85. The number of benzene rings is 1. The van der Waals surface area contributed by atoms with E-state index in [1.54, 1.807) is 51.1 Å². The number of rotatable bonds is 6. The highest BCUT2D eigenvalue weighted by Crippen LogP contribution is 2.15. The van der Waals surface area contributed by atoms with Gasteiger partial charge in [0.15, 0.2) is 0 Å². The zero-order valence-electron chi connectivity index (χ0n) is 15.0. The standard InChI is InChI=1S/C18H23NO6/c1-18(2,3)25-14(20)10-9-12-7-6-8-13(11-12)19-15(16(21)23-4)17(22)24-5/h6-11,15,19H,1-5H3. The Hall–Kier alpha value is -2.83. The van der Waals surface area contributed by atoms with Gasteiger partial charge >= 0.3 is 17.9 Å². The van der Waals surface area contributed by atoms with Gasteiger partial charge in [-0.3, -0.25) is 0 Å². The van der Waals surface area contributed by atoms with Gasteiger partial charge in [0.25, 0.3) is 0 Å². The van der Waals surface area contributed by atoms with Crippen LogP contribution in [0.25, 0.3) is 6.08 Å². The zero-order valence-corrected chi connectivity index (χ0v) is 15.0. The average molecular weight is 349 g/mol. The molecule has 0 aliphatic heterocycles. The van der Waals surface area contributed by atoms with E-state index in [1.807, 2.05) is 0 Å². The predicted molar refractivity (Wildman–Crippen MR) is 92.8 cm³/mol. The van der Waals surface area contributed by atoms with Gasteiger partial charge < -0.3 is 19.5 Å². The Morgan fingerprint density at radius 2 is 1.68 bits per heavy atom. The van der Waals surface area contributed by atoms with Crippen LogP contribution in [0.15, 0.2) is 30.3 Å². The first-order valence-corrected chi connectivity index (χ1v) is 7.59. The van der Waals surface area contributed by atoms with Crippen molar-refractivity contribution in [1.29, 1.82) is 0 Å². The van der Waals surface area contributed by atoms with E-state index in [1.165, 1.54) is 20.3 Å². The highest BCUT2D eigenvalue weighted by atomic mass is 16.6. The lowest BCUT2D eigenvalue weighted by Gasteiger charge is -2.18. The number of carbonyl (C=O) groups is 3. The number of methoxy groups -OCH3 is 2. The van der Waals surface area contributed by atoms with E-state index < -0.39 is 29.6 Å². The Morgan fingerprint density at radius 3 is 2.20 bits per heavy atom. The molecule has 1 N–H and O–H groups in total. The van der Waals surface area contributed by atoms with E-state index in [0.717, 1.165) is 0 Å². The lowest BCUT2D eigenvalue weighted by Crippen LogP contribution is -2.39. The monoisotopic (exact) mass is 349 g/mol. The first-order valence-electron chi connectivity index (χ1n) is 7.59. The predicted octanol–water partition coefficient (Wildman–Crippen LogP) is 2.17. The molecule has 0 aliphatic carbocycles. The van der Waals surface area contributed by atoms with Crippen molar-refractivity contribution >= 4 is 29.7 Å². The van der Waals surface area contributed by atoms with E-state index in [9.17, 15) is 14.4 Å². The molecule has 0 spiro atoms. The van der Waals surface area contributed by atoms with E-state index in [0.29, 0.717) is 11.3 Å². The van der Waals surface area contributed by atoms with Crippen LogP contribution in [0.3, 0.4) is 0 Å². The van der Waals surface area contributed by atoms with Crippen molar-refractivity contribution in [2.24, 2.45) is 0 Å². The van der Waals surface area contributed by atoms with Gasteiger partial charge in [0.2, 0.25) is 6.04 Å². The third-order valence-electron chi connectivity index (χ3n) is 2.89. The summed E-state index contributed by atoms with van der Waals surface area (Å²) >= 11 is 0. The third kappa shape index (κ3) is 7.07. The van der Waals surface area contributed by atoms with Gasteiger partial charge in [0, 0.05) is 11.8 Å². The summed E-state index contributed by atoms with van der Waals surface area (Å²) in [5, 5.41) is 2.75. The van der Waals surface area contributed by atoms with Crippen molar-refractivity contribution in [2.75, 3.05) is 19.5 Å². The Kier molecular flexibility index (Phi) is 7.17. The van der Waals surface area contributed by atoms with Crippen LogP contribution >= 0.6 is 0 Å². The molecule has 0 aliphatic rings. The largest absolute Gasteiger partial charge is 0.467 e. The summed E-state index contributed by atoms with van der Waals surface area (Å²) in [7, 11) is 2.36. The Bertz CT molecular complexity index is 644. The minimum absolute atomic E-state index is 0.465. The van der Waals surface area contributed by atoms with Gasteiger partial charge in [0.1, 0.15) is 5.60 Å². The van der Waals surface area contributed by atoms with Crippen molar-refractivity contribution in [3.8, 4) is 0 Å². The van der Waals surface area contributed by atoms with Crippen LogP contribution in [0.2, 0.25) is 0 Å². The number of ether oxygens (including phenoxy) is 3. The molecule has 1 aromatic carbocycles. The van der Waals surface area contributed by atoms with Crippen LogP contribution < -0.4 is 5.32 Å². The number of carbonyl (C=O) groups excluding carboxylic acids is 3. The molecule has 0 unspecified atom stereocenters. The first kappa shape index (κ1) is 20.2. The third-order valence-corrected chi connectivity index (χ3v) is 2.89. The molecule has 0 saturated heterocycles. The molecule has 7 nitrogen and oxygen atoms in total. The maximum atomic E-state index is 11.7. The second kappa shape index (κ2) is 8.86. The van der Waals surface area contributed by atoms with Crippen LogP contribution in [0, 0.1) is 0 Å². The summed E-state index contributed by atoms with van der Waals surface area (Å²) in [6.45, 7) is 5.34. The molecular formula is C18H23NO6.